The monoisotopic (exact) mass is 341 g/mol. The van der Waals surface area contributed by atoms with Gasteiger partial charge in [-0.15, -0.1) is 0 Å². The van der Waals surface area contributed by atoms with Crippen molar-refractivity contribution in [2.24, 2.45) is 5.92 Å². The van der Waals surface area contributed by atoms with E-state index in [0.717, 1.165) is 25.3 Å². The second-order valence-electron chi connectivity index (χ2n) is 7.04. The molecule has 1 N–H and O–H groups in total. The number of aromatic nitrogens is 1. The van der Waals surface area contributed by atoms with Crippen molar-refractivity contribution < 1.29 is 13.9 Å². The van der Waals surface area contributed by atoms with E-state index in [9.17, 15) is 4.39 Å². The number of hydrogen-bond donors (Lipinski definition) is 1. The van der Waals surface area contributed by atoms with Crippen LogP contribution < -0.4 is 19.7 Å². The minimum Gasteiger partial charge on any atom is -0.489 e. The number of nitrogens with one attached hydrogen (secondary N) is 1. The fraction of sp³-hybridized carbons (Fsp3) is 0.421. The maximum atomic E-state index is 13.8. The van der Waals surface area contributed by atoms with Crippen LogP contribution in [0.5, 0.6) is 17.2 Å². The number of halogens is 1. The summed E-state index contributed by atoms with van der Waals surface area (Å²) in [7, 11) is 0. The van der Waals surface area contributed by atoms with Crippen LogP contribution in [0.2, 0.25) is 0 Å². The van der Waals surface area contributed by atoms with E-state index in [-0.39, 0.29) is 5.82 Å². The molecule has 2 bridgehead atoms. The molecule has 5 rings (SSSR count). The lowest BCUT2D eigenvalue weighted by Crippen LogP contribution is -2.41. The maximum Gasteiger partial charge on any atom is 0.169 e. The summed E-state index contributed by atoms with van der Waals surface area (Å²) in [4.78, 5) is 6.70. The van der Waals surface area contributed by atoms with E-state index in [2.05, 4.69) is 15.2 Å². The number of fused-ring (bicyclic) bond motifs is 3. The van der Waals surface area contributed by atoms with Crippen molar-refractivity contribution in [2.45, 2.75) is 18.9 Å². The number of benzene rings is 1. The first kappa shape index (κ1) is 15.0. The van der Waals surface area contributed by atoms with E-state index in [0.29, 0.717) is 47.8 Å². The summed E-state index contributed by atoms with van der Waals surface area (Å²) < 4.78 is 25.4. The Morgan fingerprint density at radius 2 is 2.24 bits per heavy atom. The molecule has 0 spiro atoms. The molecule has 2 fully saturated rings. The summed E-state index contributed by atoms with van der Waals surface area (Å²) >= 11 is 0. The van der Waals surface area contributed by atoms with Crippen LogP contribution in [0.25, 0.3) is 0 Å². The summed E-state index contributed by atoms with van der Waals surface area (Å²) in [6.07, 6.45) is 5.41. The molecule has 3 aliphatic rings. The van der Waals surface area contributed by atoms with E-state index in [4.69, 9.17) is 9.47 Å². The summed E-state index contributed by atoms with van der Waals surface area (Å²) in [5.74, 6) is 2.19. The molecular weight excluding hydrogens is 321 g/mol. The third-order valence-corrected chi connectivity index (χ3v) is 5.29. The van der Waals surface area contributed by atoms with Crippen molar-refractivity contribution in [3.63, 3.8) is 0 Å². The van der Waals surface area contributed by atoms with Crippen LogP contribution in [0.3, 0.4) is 0 Å². The minimum absolute atomic E-state index is 0.233. The number of ether oxygens (including phenoxy) is 2. The molecule has 0 aliphatic carbocycles. The highest BCUT2D eigenvalue weighted by Crippen LogP contribution is 2.40. The first-order valence-electron chi connectivity index (χ1n) is 8.81. The van der Waals surface area contributed by atoms with Crippen molar-refractivity contribution in [2.75, 3.05) is 31.1 Å². The summed E-state index contributed by atoms with van der Waals surface area (Å²) in [6, 6.07) is 5.63. The van der Waals surface area contributed by atoms with Gasteiger partial charge >= 0.3 is 0 Å². The molecule has 5 nitrogen and oxygen atoms in total. The van der Waals surface area contributed by atoms with Crippen LogP contribution in [0.4, 0.5) is 10.1 Å². The Kier molecular flexibility index (Phi) is 3.52. The highest BCUT2D eigenvalue weighted by atomic mass is 19.1. The Labute approximate surface area is 145 Å². The van der Waals surface area contributed by atoms with Crippen molar-refractivity contribution >= 4 is 5.69 Å². The third-order valence-electron chi connectivity index (χ3n) is 5.29. The summed E-state index contributed by atoms with van der Waals surface area (Å²) in [5.41, 5.74) is 1.66. The molecule has 25 heavy (non-hydrogen) atoms. The zero-order valence-corrected chi connectivity index (χ0v) is 13.9. The van der Waals surface area contributed by atoms with Crippen molar-refractivity contribution in [1.29, 1.82) is 0 Å². The van der Waals surface area contributed by atoms with E-state index in [1.54, 1.807) is 12.3 Å². The maximum absolute atomic E-state index is 13.8. The van der Waals surface area contributed by atoms with Gasteiger partial charge in [0.05, 0.1) is 24.7 Å². The standard InChI is InChI=1S/C19H20FN3O2/c20-17-1-2-18(19-16(17)3-4-24-19)25-15-6-14(8-21-9-15)23-10-12-5-13(11-23)22-7-12/h1-2,6,8-9,12-13,22H,3-5,7,10-11H2. The van der Waals surface area contributed by atoms with Crippen molar-refractivity contribution in [1.82, 2.24) is 10.3 Å². The topological polar surface area (TPSA) is 46.6 Å². The number of anilines is 1. The van der Waals surface area contributed by atoms with Gasteiger partial charge in [0.25, 0.3) is 0 Å². The van der Waals surface area contributed by atoms with E-state index < -0.39 is 0 Å². The first-order valence-corrected chi connectivity index (χ1v) is 8.81. The quantitative estimate of drug-likeness (QED) is 0.930. The van der Waals surface area contributed by atoms with Crippen molar-refractivity contribution in [3.8, 4) is 17.2 Å². The molecule has 2 saturated heterocycles. The van der Waals surface area contributed by atoms with Gasteiger partial charge in [0.2, 0.25) is 0 Å². The Bertz CT molecular complexity index is 801. The van der Waals surface area contributed by atoms with Gasteiger partial charge < -0.3 is 19.7 Å². The lowest BCUT2D eigenvalue weighted by molar-refractivity contribution is 0.337. The smallest absolute Gasteiger partial charge is 0.169 e. The Balaban J connectivity index is 1.40. The van der Waals surface area contributed by atoms with Crippen LogP contribution in [0.1, 0.15) is 12.0 Å². The van der Waals surface area contributed by atoms with Gasteiger partial charge in [0.1, 0.15) is 11.6 Å². The molecule has 6 heteroatoms. The van der Waals surface area contributed by atoms with Gasteiger partial charge in [0, 0.05) is 43.7 Å². The predicted molar refractivity (Wildman–Crippen MR) is 92.0 cm³/mol. The number of hydrogen-bond acceptors (Lipinski definition) is 5. The molecule has 2 atom stereocenters. The second-order valence-corrected chi connectivity index (χ2v) is 7.04. The Hall–Kier alpha value is -2.34. The third kappa shape index (κ3) is 2.70. The van der Waals surface area contributed by atoms with Crippen LogP contribution >= 0.6 is 0 Å². The predicted octanol–water partition coefficient (Wildman–Crippen LogP) is 2.75. The Morgan fingerprint density at radius 1 is 1.28 bits per heavy atom. The van der Waals surface area contributed by atoms with Crippen LogP contribution in [0.15, 0.2) is 30.6 Å². The molecular formula is C19H20FN3O2. The lowest BCUT2D eigenvalue weighted by Gasteiger charge is -2.32. The molecule has 130 valence electrons. The number of pyridine rings is 1. The normalized spacial score (nSPS) is 24.1. The van der Waals surface area contributed by atoms with Gasteiger partial charge in [0.15, 0.2) is 11.5 Å². The molecule has 1 aromatic heterocycles. The molecule has 0 radical (unpaired) electrons. The van der Waals surface area contributed by atoms with Crippen LogP contribution in [-0.2, 0) is 6.42 Å². The highest BCUT2D eigenvalue weighted by molar-refractivity contribution is 5.53. The van der Waals surface area contributed by atoms with Gasteiger partial charge in [-0.25, -0.2) is 4.39 Å². The zero-order chi connectivity index (χ0) is 16.8. The fourth-order valence-electron chi connectivity index (χ4n) is 4.12. The van der Waals surface area contributed by atoms with Gasteiger partial charge in [-0.05, 0) is 24.5 Å². The molecule has 0 amide bonds. The summed E-state index contributed by atoms with van der Waals surface area (Å²) in [6.45, 7) is 3.64. The second kappa shape index (κ2) is 5.88. The molecule has 2 unspecified atom stereocenters. The number of nitrogens with zero attached hydrogens (tertiary/aromatic N) is 2. The molecule has 2 aromatic rings. The van der Waals surface area contributed by atoms with Crippen LogP contribution in [0, 0.1) is 11.7 Å². The van der Waals surface area contributed by atoms with E-state index in [1.165, 1.54) is 12.5 Å². The number of rotatable bonds is 3. The average molecular weight is 341 g/mol. The van der Waals surface area contributed by atoms with E-state index in [1.807, 2.05) is 12.3 Å². The zero-order valence-electron chi connectivity index (χ0n) is 13.9. The van der Waals surface area contributed by atoms with Crippen LogP contribution in [-0.4, -0.2) is 37.3 Å². The van der Waals surface area contributed by atoms with Gasteiger partial charge in [-0.3, -0.25) is 4.98 Å². The van der Waals surface area contributed by atoms with E-state index >= 15 is 0 Å². The van der Waals surface area contributed by atoms with Gasteiger partial charge in [-0.1, -0.05) is 0 Å². The highest BCUT2D eigenvalue weighted by Gasteiger charge is 2.32. The first-order chi connectivity index (χ1) is 12.3. The number of piperidine rings is 1. The summed E-state index contributed by atoms with van der Waals surface area (Å²) in [5, 5.41) is 3.56. The largest absolute Gasteiger partial charge is 0.489 e. The molecule has 0 saturated carbocycles. The van der Waals surface area contributed by atoms with Gasteiger partial charge in [-0.2, -0.15) is 0 Å². The molecule has 4 heterocycles. The molecule has 3 aliphatic heterocycles. The minimum atomic E-state index is -0.233. The SMILES string of the molecule is Fc1ccc(Oc2cncc(N3CC4CNC(C4)C3)c2)c2c1CCO2. The lowest BCUT2D eigenvalue weighted by atomic mass is 10.00. The Morgan fingerprint density at radius 3 is 3.16 bits per heavy atom. The molecule has 1 aromatic carbocycles. The van der Waals surface area contributed by atoms with Crippen molar-refractivity contribution in [3.05, 3.63) is 42.0 Å². The average Bonchev–Trinajstić information content (AvgIpc) is 3.25. The fourth-order valence-corrected chi connectivity index (χ4v) is 4.12.